The number of guanidine groups is 1. The number of fused-ring (bicyclic) bond motifs is 1. The molecule has 0 amide bonds. The first-order chi connectivity index (χ1) is 16.5. The van der Waals surface area contributed by atoms with Crippen molar-refractivity contribution in [3.05, 3.63) is 78.4 Å². The fourth-order valence-electron chi connectivity index (χ4n) is 4.18. The highest BCUT2D eigenvalue weighted by Gasteiger charge is 2.49. The molecule has 0 saturated heterocycles. The minimum absolute atomic E-state index is 0.499. The van der Waals surface area contributed by atoms with Gasteiger partial charge in [-0.1, -0.05) is 18.2 Å². The third kappa shape index (κ3) is 4.32. The SMILES string of the molecule is CC(=O)O.COc1cncc(-c2cccc(C3(c4ccncc4)N=C(N)N4CCCN=C43)c2)c1. The van der Waals surface area contributed by atoms with E-state index in [0.29, 0.717) is 11.7 Å². The maximum atomic E-state index is 9.00. The Labute approximate surface area is 197 Å². The number of methoxy groups -OCH3 is 1. The van der Waals surface area contributed by atoms with Gasteiger partial charge >= 0.3 is 0 Å². The number of amidine groups is 1. The number of aliphatic imine (C=N–C) groups is 2. The summed E-state index contributed by atoms with van der Waals surface area (Å²) in [5, 5.41) is 7.42. The molecule has 3 aromatic rings. The first kappa shape index (κ1) is 22.9. The number of aliphatic carboxylic acids is 1. The Kier molecular flexibility index (Phi) is 6.53. The number of carboxylic acids is 1. The van der Waals surface area contributed by atoms with Crippen LogP contribution >= 0.6 is 0 Å². The molecule has 0 fully saturated rings. The van der Waals surface area contributed by atoms with Gasteiger partial charge < -0.3 is 15.6 Å². The lowest BCUT2D eigenvalue weighted by atomic mass is 9.81. The van der Waals surface area contributed by atoms with Gasteiger partial charge in [0.1, 0.15) is 11.6 Å². The third-order valence-corrected chi connectivity index (χ3v) is 5.60. The first-order valence-corrected chi connectivity index (χ1v) is 10.8. The van der Waals surface area contributed by atoms with Crippen LogP contribution in [0.1, 0.15) is 24.5 Å². The Bertz CT molecular complexity index is 1240. The molecule has 2 aliphatic rings. The van der Waals surface area contributed by atoms with Gasteiger partial charge in [-0.05, 0) is 47.4 Å². The number of hydrogen-bond acceptors (Lipinski definition) is 8. The first-order valence-electron chi connectivity index (χ1n) is 10.8. The van der Waals surface area contributed by atoms with E-state index in [2.05, 4.69) is 28.2 Å². The molecule has 0 radical (unpaired) electrons. The van der Waals surface area contributed by atoms with Gasteiger partial charge in [0.05, 0.1) is 13.3 Å². The summed E-state index contributed by atoms with van der Waals surface area (Å²) in [6, 6.07) is 14.2. The average Bonchev–Trinajstić information content (AvgIpc) is 3.18. The summed E-state index contributed by atoms with van der Waals surface area (Å²) < 4.78 is 5.35. The standard InChI is InChI=1S/C23H22N6O.C2H4O2/c1-30-20-13-17(14-26-15-20)16-4-2-5-19(12-16)23(18-6-9-25-10-7-18)21-27-8-3-11-29(21)22(24)28-23;1-2(3)4/h2,4-7,9-10,12-15H,3,8,11H2,1H3,(H2,24,28);1H3,(H,3,4). The number of hydrogen-bond donors (Lipinski definition) is 2. The fraction of sp³-hybridized carbons (Fsp3) is 0.240. The second-order valence-electron chi connectivity index (χ2n) is 7.84. The van der Waals surface area contributed by atoms with Crippen LogP contribution in [0.15, 0.2) is 77.2 Å². The van der Waals surface area contributed by atoms with Gasteiger partial charge in [0, 0.05) is 44.2 Å². The molecular formula is C25H26N6O3. The van der Waals surface area contributed by atoms with Crippen molar-refractivity contribution in [2.45, 2.75) is 18.9 Å². The molecule has 2 aromatic heterocycles. The van der Waals surface area contributed by atoms with E-state index < -0.39 is 11.5 Å². The highest BCUT2D eigenvalue weighted by Crippen LogP contribution is 2.42. The Balaban J connectivity index is 0.000000636. The third-order valence-electron chi connectivity index (χ3n) is 5.60. The number of rotatable bonds is 4. The van der Waals surface area contributed by atoms with Crippen LogP contribution in [0.4, 0.5) is 0 Å². The molecule has 174 valence electrons. The number of carbonyl (C=O) groups is 1. The van der Waals surface area contributed by atoms with E-state index in [4.69, 9.17) is 30.4 Å². The monoisotopic (exact) mass is 458 g/mol. The number of ether oxygens (including phenoxy) is 1. The van der Waals surface area contributed by atoms with E-state index in [9.17, 15) is 0 Å². The summed E-state index contributed by atoms with van der Waals surface area (Å²) in [7, 11) is 1.64. The van der Waals surface area contributed by atoms with Crippen molar-refractivity contribution in [2.75, 3.05) is 20.2 Å². The Morgan fingerprint density at radius 3 is 2.59 bits per heavy atom. The minimum Gasteiger partial charge on any atom is -0.495 e. The Hall–Kier alpha value is -4.27. The van der Waals surface area contributed by atoms with Crippen LogP contribution in [-0.2, 0) is 10.3 Å². The second kappa shape index (κ2) is 9.70. The molecular weight excluding hydrogens is 432 g/mol. The van der Waals surface area contributed by atoms with Crippen LogP contribution in [0.3, 0.4) is 0 Å². The summed E-state index contributed by atoms with van der Waals surface area (Å²) in [6.07, 6.45) is 8.05. The molecule has 9 nitrogen and oxygen atoms in total. The minimum atomic E-state index is -0.833. The van der Waals surface area contributed by atoms with E-state index in [1.165, 1.54) is 0 Å². The smallest absolute Gasteiger partial charge is 0.300 e. The van der Waals surface area contributed by atoms with Crippen LogP contribution < -0.4 is 10.5 Å². The maximum Gasteiger partial charge on any atom is 0.300 e. The largest absolute Gasteiger partial charge is 0.495 e. The normalized spacial score (nSPS) is 18.7. The van der Waals surface area contributed by atoms with E-state index in [0.717, 1.165) is 54.5 Å². The van der Waals surface area contributed by atoms with Gasteiger partial charge in [0.25, 0.3) is 5.97 Å². The summed E-state index contributed by atoms with van der Waals surface area (Å²) in [4.78, 5) is 29.4. The number of aromatic nitrogens is 2. The fourth-order valence-corrected chi connectivity index (χ4v) is 4.18. The molecule has 34 heavy (non-hydrogen) atoms. The van der Waals surface area contributed by atoms with E-state index >= 15 is 0 Å². The molecule has 0 bridgehead atoms. The zero-order valence-corrected chi connectivity index (χ0v) is 19.0. The maximum absolute atomic E-state index is 9.00. The summed E-state index contributed by atoms with van der Waals surface area (Å²) in [6.45, 7) is 2.67. The van der Waals surface area contributed by atoms with Crippen LogP contribution in [0.25, 0.3) is 11.1 Å². The number of pyridine rings is 2. The number of nitrogens with two attached hydrogens (primary N) is 1. The number of nitrogens with zero attached hydrogens (tertiary/aromatic N) is 5. The summed E-state index contributed by atoms with van der Waals surface area (Å²) in [5.74, 6) is 1.25. The molecule has 0 saturated carbocycles. The van der Waals surface area contributed by atoms with Crippen molar-refractivity contribution < 1.29 is 14.6 Å². The van der Waals surface area contributed by atoms with Gasteiger partial charge in [0.2, 0.25) is 0 Å². The topological polar surface area (TPSA) is 126 Å². The lowest BCUT2D eigenvalue weighted by Gasteiger charge is -2.33. The Morgan fingerprint density at radius 1 is 1.09 bits per heavy atom. The van der Waals surface area contributed by atoms with Gasteiger partial charge in [-0.25, -0.2) is 4.99 Å². The molecule has 1 unspecified atom stereocenters. The van der Waals surface area contributed by atoms with E-state index in [1.807, 2.05) is 35.4 Å². The Morgan fingerprint density at radius 2 is 1.85 bits per heavy atom. The number of benzene rings is 1. The summed E-state index contributed by atoms with van der Waals surface area (Å²) >= 11 is 0. The van der Waals surface area contributed by atoms with Crippen molar-refractivity contribution >= 4 is 17.8 Å². The molecule has 2 aliphatic heterocycles. The molecule has 5 rings (SSSR count). The van der Waals surface area contributed by atoms with Gasteiger partial charge in [0.15, 0.2) is 11.5 Å². The van der Waals surface area contributed by atoms with Gasteiger partial charge in [-0.15, -0.1) is 0 Å². The van der Waals surface area contributed by atoms with Gasteiger partial charge in [-0.3, -0.25) is 24.7 Å². The lowest BCUT2D eigenvalue weighted by Crippen LogP contribution is -2.46. The van der Waals surface area contributed by atoms with Crippen LogP contribution in [0.5, 0.6) is 5.75 Å². The summed E-state index contributed by atoms with van der Waals surface area (Å²) in [5.41, 5.74) is 9.57. The van der Waals surface area contributed by atoms with Crippen LogP contribution in [0, 0.1) is 0 Å². The molecule has 9 heteroatoms. The van der Waals surface area contributed by atoms with Crippen LogP contribution in [-0.4, -0.2) is 57.9 Å². The van der Waals surface area contributed by atoms with Crippen molar-refractivity contribution in [1.29, 1.82) is 0 Å². The van der Waals surface area contributed by atoms with Crippen molar-refractivity contribution in [3.8, 4) is 16.9 Å². The van der Waals surface area contributed by atoms with E-state index in [1.54, 1.807) is 25.7 Å². The van der Waals surface area contributed by atoms with Crippen molar-refractivity contribution in [2.24, 2.45) is 15.7 Å². The molecule has 1 aromatic carbocycles. The zero-order chi connectivity index (χ0) is 24.1. The quantitative estimate of drug-likeness (QED) is 0.615. The lowest BCUT2D eigenvalue weighted by molar-refractivity contribution is -0.134. The average molecular weight is 459 g/mol. The molecule has 0 aliphatic carbocycles. The predicted molar refractivity (Wildman–Crippen MR) is 130 cm³/mol. The molecule has 3 N–H and O–H groups in total. The predicted octanol–water partition coefficient (Wildman–Crippen LogP) is 2.92. The van der Waals surface area contributed by atoms with E-state index in [-0.39, 0.29) is 0 Å². The highest BCUT2D eigenvalue weighted by atomic mass is 16.5. The second-order valence-corrected chi connectivity index (χ2v) is 7.84. The van der Waals surface area contributed by atoms with Crippen molar-refractivity contribution in [3.63, 3.8) is 0 Å². The van der Waals surface area contributed by atoms with Crippen LogP contribution in [0.2, 0.25) is 0 Å². The molecule has 4 heterocycles. The number of carboxylic acid groups (broad SMARTS) is 1. The molecule has 0 spiro atoms. The van der Waals surface area contributed by atoms with Crippen molar-refractivity contribution in [1.82, 2.24) is 14.9 Å². The highest BCUT2D eigenvalue weighted by molar-refractivity contribution is 6.12. The van der Waals surface area contributed by atoms with Gasteiger partial charge in [-0.2, -0.15) is 0 Å². The zero-order valence-electron chi connectivity index (χ0n) is 19.0. The molecule has 1 atom stereocenters.